The molecule has 4 heterocycles. The van der Waals surface area contributed by atoms with Gasteiger partial charge in [0, 0.05) is 24.4 Å². The van der Waals surface area contributed by atoms with Crippen molar-refractivity contribution in [3.8, 4) is 17.1 Å². The van der Waals surface area contributed by atoms with E-state index in [2.05, 4.69) is 14.6 Å². The molecule has 2 aromatic carbocycles. The fraction of sp³-hybridized carbons (Fsp3) is 0.222. The molecule has 5 aromatic rings. The van der Waals surface area contributed by atoms with Crippen LogP contribution in [-0.2, 0) is 24.3 Å². The van der Waals surface area contributed by atoms with Crippen LogP contribution < -0.4 is 5.56 Å². The molecule has 0 N–H and O–H groups in total. The number of fused-ring (bicyclic) bond motifs is 2. The maximum atomic E-state index is 13.2. The van der Waals surface area contributed by atoms with E-state index in [-0.39, 0.29) is 23.8 Å². The van der Waals surface area contributed by atoms with Crippen LogP contribution >= 0.6 is 0 Å². The number of benzene rings is 2. The molecule has 1 aliphatic rings. The van der Waals surface area contributed by atoms with E-state index in [4.69, 9.17) is 4.98 Å². The summed E-state index contributed by atoms with van der Waals surface area (Å²) in [5.41, 5.74) is 4.39. The van der Waals surface area contributed by atoms with E-state index in [1.165, 1.54) is 10.9 Å². The van der Waals surface area contributed by atoms with Gasteiger partial charge in [-0.3, -0.25) is 14.2 Å². The molecule has 1 aliphatic heterocycles. The average Bonchev–Trinajstić information content (AvgIpc) is 3.51. The zero-order valence-electron chi connectivity index (χ0n) is 19.3. The molecule has 0 amide bonds. The molecule has 35 heavy (non-hydrogen) atoms. The highest BCUT2D eigenvalue weighted by molar-refractivity contribution is 5.82. The van der Waals surface area contributed by atoms with Gasteiger partial charge in [-0.1, -0.05) is 30.3 Å². The van der Waals surface area contributed by atoms with Crippen molar-refractivity contribution in [2.75, 3.05) is 0 Å². The maximum absolute atomic E-state index is 13.2. The lowest BCUT2D eigenvalue weighted by atomic mass is 9.91. The van der Waals surface area contributed by atoms with Gasteiger partial charge in [0.1, 0.15) is 5.82 Å². The van der Waals surface area contributed by atoms with E-state index in [1.807, 2.05) is 66.5 Å². The van der Waals surface area contributed by atoms with Crippen molar-refractivity contribution in [2.45, 2.75) is 32.9 Å². The highest BCUT2D eigenvalue weighted by Gasteiger charge is 2.29. The SMILES string of the molecule is Cc1nc(-c2cnn(-c3ccccc3)c2)n2c1CC(C(=O)Cn1cnc3ccccc3c1=O)CC2. The molecule has 174 valence electrons. The van der Waals surface area contributed by atoms with Crippen molar-refractivity contribution < 1.29 is 4.79 Å². The van der Waals surface area contributed by atoms with Gasteiger partial charge in [-0.25, -0.2) is 14.6 Å². The van der Waals surface area contributed by atoms with Gasteiger partial charge in [0.2, 0.25) is 0 Å². The second-order valence-corrected chi connectivity index (χ2v) is 8.98. The molecule has 0 saturated carbocycles. The highest BCUT2D eigenvalue weighted by atomic mass is 16.1. The topological polar surface area (TPSA) is 87.6 Å². The number of para-hydroxylation sites is 2. The van der Waals surface area contributed by atoms with E-state index >= 15 is 0 Å². The third-order valence-corrected chi connectivity index (χ3v) is 6.79. The van der Waals surface area contributed by atoms with Gasteiger partial charge in [-0.05, 0) is 44.0 Å². The van der Waals surface area contributed by atoms with Gasteiger partial charge in [0.25, 0.3) is 5.56 Å². The van der Waals surface area contributed by atoms with Gasteiger partial charge in [0.15, 0.2) is 5.78 Å². The van der Waals surface area contributed by atoms with Crippen LogP contribution in [0.5, 0.6) is 0 Å². The number of Topliss-reactive ketones (excluding diaryl/α,β-unsaturated/α-hetero) is 1. The summed E-state index contributed by atoms with van der Waals surface area (Å²) in [5, 5.41) is 5.04. The maximum Gasteiger partial charge on any atom is 0.261 e. The van der Waals surface area contributed by atoms with Crippen molar-refractivity contribution >= 4 is 16.7 Å². The molecule has 6 rings (SSSR count). The van der Waals surface area contributed by atoms with Crippen LogP contribution in [0, 0.1) is 12.8 Å². The molecule has 0 radical (unpaired) electrons. The minimum Gasteiger partial charge on any atom is -0.328 e. The minimum absolute atomic E-state index is 0.0330. The number of nitrogens with zero attached hydrogens (tertiary/aromatic N) is 6. The first-order valence-corrected chi connectivity index (χ1v) is 11.7. The first-order chi connectivity index (χ1) is 17.1. The summed E-state index contributed by atoms with van der Waals surface area (Å²) >= 11 is 0. The number of ketones is 1. The molecule has 0 bridgehead atoms. The third-order valence-electron chi connectivity index (χ3n) is 6.79. The Balaban J connectivity index is 1.23. The molecule has 0 saturated heterocycles. The summed E-state index contributed by atoms with van der Waals surface area (Å²) in [7, 11) is 0. The molecule has 8 heteroatoms. The number of rotatable bonds is 5. The Bertz CT molecular complexity index is 1610. The number of hydrogen-bond donors (Lipinski definition) is 0. The predicted octanol–water partition coefficient (Wildman–Crippen LogP) is 3.59. The molecule has 0 fully saturated rings. The zero-order valence-corrected chi connectivity index (χ0v) is 19.3. The fourth-order valence-electron chi connectivity index (χ4n) is 4.90. The van der Waals surface area contributed by atoms with Gasteiger partial charge in [0.05, 0.1) is 46.9 Å². The van der Waals surface area contributed by atoms with Crippen molar-refractivity contribution in [3.63, 3.8) is 0 Å². The molecule has 3 aromatic heterocycles. The molecule has 0 aliphatic carbocycles. The van der Waals surface area contributed by atoms with Crippen LogP contribution in [0.15, 0.2) is 78.1 Å². The monoisotopic (exact) mass is 464 g/mol. The van der Waals surface area contributed by atoms with Gasteiger partial charge < -0.3 is 4.57 Å². The quantitative estimate of drug-likeness (QED) is 0.397. The van der Waals surface area contributed by atoms with Crippen LogP contribution in [0.1, 0.15) is 17.8 Å². The largest absolute Gasteiger partial charge is 0.328 e. The summed E-state index contributed by atoms with van der Waals surface area (Å²) in [6.45, 7) is 2.72. The number of aromatic nitrogens is 6. The van der Waals surface area contributed by atoms with Crippen LogP contribution in [0.4, 0.5) is 0 Å². The van der Waals surface area contributed by atoms with Crippen molar-refractivity contribution in [3.05, 3.63) is 95.1 Å². The second-order valence-electron chi connectivity index (χ2n) is 8.98. The standard InChI is InChI=1S/C27H24N6O2/c1-18-24-13-19(25(34)16-31-17-28-23-10-6-5-9-22(23)27(31)35)11-12-32(24)26(30-18)20-14-29-33(15-20)21-7-3-2-4-8-21/h2-10,14-15,17,19H,11-13,16H2,1H3. The lowest BCUT2D eigenvalue weighted by molar-refractivity contribution is -0.124. The minimum atomic E-state index is -0.182. The van der Waals surface area contributed by atoms with Crippen LogP contribution in [0.2, 0.25) is 0 Å². The molecule has 0 spiro atoms. The highest BCUT2D eigenvalue weighted by Crippen LogP contribution is 2.30. The number of aryl methyl sites for hydroxylation is 1. The molecular weight excluding hydrogens is 440 g/mol. The average molecular weight is 465 g/mol. The third kappa shape index (κ3) is 3.77. The first-order valence-electron chi connectivity index (χ1n) is 11.7. The van der Waals surface area contributed by atoms with E-state index in [1.54, 1.807) is 12.1 Å². The van der Waals surface area contributed by atoms with E-state index in [0.717, 1.165) is 28.5 Å². The Labute approximate surface area is 201 Å². The Morgan fingerprint density at radius 2 is 1.89 bits per heavy atom. The van der Waals surface area contributed by atoms with Gasteiger partial charge >= 0.3 is 0 Å². The van der Waals surface area contributed by atoms with Crippen molar-refractivity contribution in [1.82, 2.24) is 28.9 Å². The van der Waals surface area contributed by atoms with Crippen molar-refractivity contribution in [1.29, 1.82) is 0 Å². The fourth-order valence-corrected chi connectivity index (χ4v) is 4.90. The lowest BCUT2D eigenvalue weighted by Crippen LogP contribution is -2.32. The summed E-state index contributed by atoms with van der Waals surface area (Å²) in [4.78, 5) is 35.2. The summed E-state index contributed by atoms with van der Waals surface area (Å²) in [6, 6.07) is 17.2. The van der Waals surface area contributed by atoms with Crippen molar-refractivity contribution in [2.24, 2.45) is 5.92 Å². The van der Waals surface area contributed by atoms with E-state index in [0.29, 0.717) is 30.3 Å². The van der Waals surface area contributed by atoms with Gasteiger partial charge in [-0.2, -0.15) is 5.10 Å². The first kappa shape index (κ1) is 21.2. The zero-order chi connectivity index (χ0) is 23.9. The number of carbonyl (C=O) groups is 1. The Morgan fingerprint density at radius 3 is 2.74 bits per heavy atom. The van der Waals surface area contributed by atoms with Crippen LogP contribution in [0.25, 0.3) is 28.0 Å². The van der Waals surface area contributed by atoms with Crippen LogP contribution in [-0.4, -0.2) is 34.7 Å². The Hall–Kier alpha value is -4.33. The summed E-state index contributed by atoms with van der Waals surface area (Å²) in [6.07, 6.45) is 6.61. The Kier molecular flexibility index (Phi) is 5.13. The molecule has 1 atom stereocenters. The lowest BCUT2D eigenvalue weighted by Gasteiger charge is -2.24. The molecule has 8 nitrogen and oxygen atoms in total. The van der Waals surface area contributed by atoms with E-state index < -0.39 is 0 Å². The second kappa shape index (κ2) is 8.47. The molecular formula is C27H24N6O2. The van der Waals surface area contributed by atoms with E-state index in [9.17, 15) is 9.59 Å². The van der Waals surface area contributed by atoms with Crippen LogP contribution in [0.3, 0.4) is 0 Å². The van der Waals surface area contributed by atoms with Gasteiger partial charge in [-0.15, -0.1) is 0 Å². The number of imidazole rings is 1. The number of carbonyl (C=O) groups excluding carboxylic acids is 1. The smallest absolute Gasteiger partial charge is 0.261 e. The number of hydrogen-bond acceptors (Lipinski definition) is 5. The predicted molar refractivity (Wildman–Crippen MR) is 132 cm³/mol. The Morgan fingerprint density at radius 1 is 1.09 bits per heavy atom. The summed E-state index contributed by atoms with van der Waals surface area (Å²) < 4.78 is 5.47. The summed E-state index contributed by atoms with van der Waals surface area (Å²) in [5.74, 6) is 0.770. The molecule has 1 unspecified atom stereocenters. The normalized spacial score (nSPS) is 15.3.